The predicted molar refractivity (Wildman–Crippen MR) is 70.9 cm³/mol. The maximum Gasteiger partial charge on any atom is 0.177 e. The zero-order valence-electron chi connectivity index (χ0n) is 9.61. The number of fused-ring (bicyclic) bond motifs is 1. The Labute approximate surface area is 107 Å². The van der Waals surface area contributed by atoms with Gasteiger partial charge in [-0.15, -0.1) is 26.6 Å². The first kappa shape index (κ1) is 10.8. The van der Waals surface area contributed by atoms with Crippen molar-refractivity contribution in [1.82, 2.24) is 19.8 Å². The molecular formula is C11H10N6S. The van der Waals surface area contributed by atoms with Crippen LogP contribution in [-0.4, -0.2) is 25.5 Å². The molecular weight excluding hydrogens is 248 g/mol. The molecule has 0 aliphatic heterocycles. The number of rotatable bonds is 3. The Bertz CT molecular complexity index is 684. The Morgan fingerprint density at radius 2 is 2.33 bits per heavy atom. The summed E-state index contributed by atoms with van der Waals surface area (Å²) in [5.41, 5.74) is 4.56. The van der Waals surface area contributed by atoms with Gasteiger partial charge in [0.15, 0.2) is 11.5 Å². The van der Waals surface area contributed by atoms with E-state index in [0.29, 0.717) is 11.5 Å². The van der Waals surface area contributed by atoms with E-state index in [2.05, 4.69) is 25.8 Å². The summed E-state index contributed by atoms with van der Waals surface area (Å²) in [6.45, 7) is 1.95. The molecule has 3 aromatic heterocycles. The summed E-state index contributed by atoms with van der Waals surface area (Å²) in [6.07, 6.45) is 1.55. The van der Waals surface area contributed by atoms with Crippen molar-refractivity contribution >= 4 is 28.5 Å². The second kappa shape index (κ2) is 4.53. The fraction of sp³-hybridized carbons (Fsp3) is 0.0909. The van der Waals surface area contributed by atoms with E-state index in [-0.39, 0.29) is 0 Å². The van der Waals surface area contributed by atoms with Crippen molar-refractivity contribution in [3.8, 4) is 0 Å². The van der Waals surface area contributed by atoms with E-state index in [1.807, 2.05) is 36.6 Å². The summed E-state index contributed by atoms with van der Waals surface area (Å²) in [5, 5.41) is 18.2. The third kappa shape index (κ3) is 2.07. The van der Waals surface area contributed by atoms with Gasteiger partial charge in [0.25, 0.3) is 0 Å². The van der Waals surface area contributed by atoms with Crippen molar-refractivity contribution < 1.29 is 0 Å². The zero-order valence-corrected chi connectivity index (χ0v) is 10.4. The first-order valence-electron chi connectivity index (χ1n) is 5.34. The molecule has 7 heteroatoms. The monoisotopic (exact) mass is 258 g/mol. The molecule has 6 nitrogen and oxygen atoms in total. The average molecular weight is 258 g/mol. The SMILES string of the molecule is C/C(=N\Nc1ccc2nncn2n1)c1cccs1. The van der Waals surface area contributed by atoms with E-state index < -0.39 is 0 Å². The Kier molecular flexibility index (Phi) is 2.73. The van der Waals surface area contributed by atoms with Gasteiger partial charge in [-0.1, -0.05) is 6.07 Å². The van der Waals surface area contributed by atoms with Gasteiger partial charge in [0.05, 0.1) is 5.71 Å². The lowest BCUT2D eigenvalue weighted by Gasteiger charge is -2.01. The minimum atomic E-state index is 0.651. The van der Waals surface area contributed by atoms with Crippen LogP contribution in [0.25, 0.3) is 5.65 Å². The van der Waals surface area contributed by atoms with Crippen LogP contribution in [0.4, 0.5) is 5.82 Å². The Balaban J connectivity index is 1.82. The lowest BCUT2D eigenvalue weighted by atomic mass is 10.3. The van der Waals surface area contributed by atoms with E-state index in [0.717, 1.165) is 10.6 Å². The van der Waals surface area contributed by atoms with Gasteiger partial charge >= 0.3 is 0 Å². The summed E-state index contributed by atoms with van der Waals surface area (Å²) in [5.74, 6) is 0.651. The van der Waals surface area contributed by atoms with Gasteiger partial charge in [-0.3, -0.25) is 5.43 Å². The van der Waals surface area contributed by atoms with Gasteiger partial charge in [-0.25, -0.2) is 0 Å². The number of nitrogens with zero attached hydrogens (tertiary/aromatic N) is 5. The van der Waals surface area contributed by atoms with Crippen molar-refractivity contribution in [2.75, 3.05) is 5.43 Å². The van der Waals surface area contributed by atoms with E-state index in [4.69, 9.17) is 0 Å². The highest BCUT2D eigenvalue weighted by molar-refractivity contribution is 7.12. The minimum absolute atomic E-state index is 0.651. The predicted octanol–water partition coefficient (Wildman–Crippen LogP) is 2.02. The molecule has 0 bridgehead atoms. The Morgan fingerprint density at radius 1 is 1.39 bits per heavy atom. The van der Waals surface area contributed by atoms with Crippen LogP contribution in [0.1, 0.15) is 11.8 Å². The first-order chi connectivity index (χ1) is 8.83. The molecule has 0 aromatic carbocycles. The molecule has 0 unspecified atom stereocenters. The topological polar surface area (TPSA) is 67.5 Å². The fourth-order valence-corrected chi connectivity index (χ4v) is 2.15. The van der Waals surface area contributed by atoms with Crippen LogP contribution < -0.4 is 5.43 Å². The van der Waals surface area contributed by atoms with Crippen LogP contribution in [-0.2, 0) is 0 Å². The van der Waals surface area contributed by atoms with Gasteiger partial charge in [0, 0.05) is 4.88 Å². The zero-order chi connectivity index (χ0) is 12.4. The van der Waals surface area contributed by atoms with Gasteiger partial charge in [0.2, 0.25) is 0 Å². The highest BCUT2D eigenvalue weighted by atomic mass is 32.1. The maximum atomic E-state index is 4.29. The molecule has 3 heterocycles. The number of anilines is 1. The van der Waals surface area contributed by atoms with E-state index in [1.165, 1.54) is 0 Å². The summed E-state index contributed by atoms with van der Waals surface area (Å²) >= 11 is 1.65. The van der Waals surface area contributed by atoms with Gasteiger partial charge in [0.1, 0.15) is 6.33 Å². The standard InChI is InChI=1S/C11H10N6S/c1-8(9-3-2-6-18-9)13-14-10-4-5-11-15-12-7-17(11)16-10/h2-7H,1H3,(H,14,16)/b13-8+. The molecule has 18 heavy (non-hydrogen) atoms. The molecule has 0 saturated carbocycles. The third-order valence-corrected chi connectivity index (χ3v) is 3.36. The highest BCUT2D eigenvalue weighted by Crippen LogP contribution is 2.10. The van der Waals surface area contributed by atoms with Crippen molar-refractivity contribution in [3.05, 3.63) is 40.8 Å². The Hall–Kier alpha value is -2.28. The van der Waals surface area contributed by atoms with Gasteiger partial charge in [-0.05, 0) is 30.5 Å². The molecule has 3 rings (SSSR count). The van der Waals surface area contributed by atoms with Crippen LogP contribution in [0.15, 0.2) is 41.1 Å². The number of hydrogen-bond donors (Lipinski definition) is 1. The lowest BCUT2D eigenvalue weighted by Crippen LogP contribution is -2.01. The van der Waals surface area contributed by atoms with Crippen molar-refractivity contribution in [3.63, 3.8) is 0 Å². The number of thiophene rings is 1. The second-order valence-electron chi connectivity index (χ2n) is 3.64. The molecule has 0 spiro atoms. The molecule has 0 fully saturated rings. The normalized spacial score (nSPS) is 11.9. The number of hydrazone groups is 1. The number of hydrogen-bond acceptors (Lipinski definition) is 6. The lowest BCUT2D eigenvalue weighted by molar-refractivity contribution is 0.924. The molecule has 90 valence electrons. The third-order valence-electron chi connectivity index (χ3n) is 2.38. The highest BCUT2D eigenvalue weighted by Gasteiger charge is 2.00. The average Bonchev–Trinajstić information content (AvgIpc) is 3.05. The summed E-state index contributed by atoms with van der Waals surface area (Å²) in [7, 11) is 0. The fourth-order valence-electron chi connectivity index (χ4n) is 1.47. The van der Waals surface area contributed by atoms with Crippen LogP contribution in [0.5, 0.6) is 0 Å². The van der Waals surface area contributed by atoms with Gasteiger partial charge in [-0.2, -0.15) is 9.62 Å². The van der Waals surface area contributed by atoms with E-state index in [9.17, 15) is 0 Å². The molecule has 0 saturated heterocycles. The number of aromatic nitrogens is 4. The van der Waals surface area contributed by atoms with Crippen LogP contribution in [0.2, 0.25) is 0 Å². The molecule has 0 aliphatic carbocycles. The van der Waals surface area contributed by atoms with Crippen LogP contribution >= 0.6 is 11.3 Å². The summed E-state index contributed by atoms with van der Waals surface area (Å²) in [4.78, 5) is 1.13. The van der Waals surface area contributed by atoms with Crippen LogP contribution in [0.3, 0.4) is 0 Å². The Morgan fingerprint density at radius 3 is 3.17 bits per heavy atom. The molecule has 0 aliphatic rings. The quantitative estimate of drug-likeness (QED) is 0.576. The minimum Gasteiger partial charge on any atom is -0.260 e. The smallest absolute Gasteiger partial charge is 0.177 e. The first-order valence-corrected chi connectivity index (χ1v) is 6.22. The summed E-state index contributed by atoms with van der Waals surface area (Å²) in [6, 6.07) is 7.68. The van der Waals surface area contributed by atoms with Crippen molar-refractivity contribution in [2.45, 2.75) is 6.92 Å². The van der Waals surface area contributed by atoms with Crippen molar-refractivity contribution in [2.24, 2.45) is 5.10 Å². The molecule has 0 amide bonds. The van der Waals surface area contributed by atoms with Gasteiger partial charge < -0.3 is 0 Å². The molecule has 0 atom stereocenters. The van der Waals surface area contributed by atoms with E-state index in [1.54, 1.807) is 22.2 Å². The summed E-state index contributed by atoms with van der Waals surface area (Å²) < 4.78 is 1.60. The maximum absolute atomic E-state index is 4.29. The molecule has 1 N–H and O–H groups in total. The van der Waals surface area contributed by atoms with Crippen LogP contribution in [0, 0.1) is 0 Å². The second-order valence-corrected chi connectivity index (χ2v) is 4.59. The molecule has 3 aromatic rings. The number of nitrogens with one attached hydrogen (secondary N) is 1. The van der Waals surface area contributed by atoms with Crippen molar-refractivity contribution in [1.29, 1.82) is 0 Å². The molecule has 0 radical (unpaired) electrons. The largest absolute Gasteiger partial charge is 0.260 e. The van der Waals surface area contributed by atoms with E-state index >= 15 is 0 Å².